The molecule has 0 fully saturated rings. The van der Waals surface area contributed by atoms with Crippen molar-refractivity contribution in [1.29, 1.82) is 0 Å². The second kappa shape index (κ2) is 4.24. The summed E-state index contributed by atoms with van der Waals surface area (Å²) >= 11 is 11.0. The highest BCUT2D eigenvalue weighted by atomic mass is 79.9. The summed E-state index contributed by atoms with van der Waals surface area (Å²) < 4.78 is 1.87. The SMILES string of the molecule is CCc1cc(=O)c2cc(Cl)cc(Br)c2s1. The van der Waals surface area contributed by atoms with Crippen molar-refractivity contribution in [1.82, 2.24) is 0 Å². The summed E-state index contributed by atoms with van der Waals surface area (Å²) in [5, 5.41) is 1.28. The largest absolute Gasteiger partial charge is 0.289 e. The smallest absolute Gasteiger partial charge is 0.188 e. The summed E-state index contributed by atoms with van der Waals surface area (Å²) in [6, 6.07) is 5.23. The molecule has 2 rings (SSSR count). The molecule has 0 saturated heterocycles. The van der Waals surface area contributed by atoms with Crippen LogP contribution in [0.4, 0.5) is 0 Å². The predicted octanol–water partition coefficient (Wildman–Crippen LogP) is 4.24. The molecule has 2 aromatic rings. The maximum atomic E-state index is 11.8. The first-order valence-corrected chi connectivity index (χ1v) is 6.52. The summed E-state index contributed by atoms with van der Waals surface area (Å²) in [6.07, 6.45) is 0.880. The van der Waals surface area contributed by atoms with E-state index >= 15 is 0 Å². The molecule has 78 valence electrons. The first-order valence-electron chi connectivity index (χ1n) is 4.53. The average molecular weight is 304 g/mol. The van der Waals surface area contributed by atoms with E-state index in [4.69, 9.17) is 11.6 Å². The third-order valence-electron chi connectivity index (χ3n) is 2.15. The van der Waals surface area contributed by atoms with Gasteiger partial charge in [-0.25, -0.2) is 0 Å². The number of halogens is 2. The van der Waals surface area contributed by atoms with Gasteiger partial charge in [0.05, 0.1) is 4.70 Å². The van der Waals surface area contributed by atoms with Gasteiger partial charge in [-0.2, -0.15) is 0 Å². The Balaban J connectivity index is 2.91. The monoisotopic (exact) mass is 302 g/mol. The molecule has 0 saturated carbocycles. The summed E-state index contributed by atoms with van der Waals surface area (Å²) in [6.45, 7) is 2.04. The molecule has 0 atom stereocenters. The number of rotatable bonds is 1. The fourth-order valence-corrected chi connectivity index (χ4v) is 3.46. The molecule has 0 radical (unpaired) electrons. The number of aryl methyl sites for hydroxylation is 1. The Labute approximate surface area is 105 Å². The van der Waals surface area contributed by atoms with E-state index in [9.17, 15) is 4.79 Å². The Morgan fingerprint density at radius 3 is 2.80 bits per heavy atom. The van der Waals surface area contributed by atoms with Crippen molar-refractivity contribution < 1.29 is 0 Å². The highest BCUT2D eigenvalue weighted by Crippen LogP contribution is 2.30. The van der Waals surface area contributed by atoms with Crippen molar-refractivity contribution in [2.24, 2.45) is 0 Å². The predicted molar refractivity (Wildman–Crippen MR) is 70.2 cm³/mol. The molecule has 1 heterocycles. The maximum absolute atomic E-state index is 11.8. The Morgan fingerprint density at radius 2 is 2.13 bits per heavy atom. The molecule has 1 aromatic carbocycles. The van der Waals surface area contributed by atoms with Crippen LogP contribution in [0.1, 0.15) is 11.8 Å². The molecule has 0 unspecified atom stereocenters. The van der Waals surface area contributed by atoms with Crippen LogP contribution >= 0.6 is 38.9 Å². The van der Waals surface area contributed by atoms with Gasteiger partial charge in [-0.05, 0) is 40.5 Å². The van der Waals surface area contributed by atoms with Crippen LogP contribution in [-0.4, -0.2) is 0 Å². The maximum Gasteiger partial charge on any atom is 0.188 e. The van der Waals surface area contributed by atoms with Crippen LogP contribution < -0.4 is 5.43 Å². The second-order valence-corrected chi connectivity index (χ2v) is 5.62. The number of fused-ring (bicyclic) bond motifs is 1. The van der Waals surface area contributed by atoms with Crippen molar-refractivity contribution >= 4 is 49.0 Å². The van der Waals surface area contributed by atoms with E-state index < -0.39 is 0 Å². The van der Waals surface area contributed by atoms with E-state index in [-0.39, 0.29) is 5.43 Å². The van der Waals surface area contributed by atoms with E-state index in [2.05, 4.69) is 15.9 Å². The van der Waals surface area contributed by atoms with Crippen LogP contribution in [0, 0.1) is 0 Å². The zero-order valence-corrected chi connectivity index (χ0v) is 11.2. The molecule has 0 aliphatic carbocycles. The lowest BCUT2D eigenvalue weighted by Gasteiger charge is -2.02. The highest BCUT2D eigenvalue weighted by molar-refractivity contribution is 9.10. The third kappa shape index (κ3) is 2.10. The van der Waals surface area contributed by atoms with Gasteiger partial charge in [0.25, 0.3) is 0 Å². The Bertz CT molecular complexity index is 577. The fraction of sp³-hybridized carbons (Fsp3) is 0.182. The topological polar surface area (TPSA) is 17.1 Å². The van der Waals surface area contributed by atoms with Crippen molar-refractivity contribution in [2.45, 2.75) is 13.3 Å². The normalized spacial score (nSPS) is 10.9. The molecule has 0 spiro atoms. The van der Waals surface area contributed by atoms with Crippen LogP contribution in [0.3, 0.4) is 0 Å². The van der Waals surface area contributed by atoms with Gasteiger partial charge in [0.1, 0.15) is 0 Å². The van der Waals surface area contributed by atoms with Crippen molar-refractivity contribution in [2.75, 3.05) is 0 Å². The highest BCUT2D eigenvalue weighted by Gasteiger charge is 2.06. The number of hydrogen-bond donors (Lipinski definition) is 0. The van der Waals surface area contributed by atoms with Crippen LogP contribution in [0.15, 0.2) is 27.5 Å². The minimum absolute atomic E-state index is 0.0452. The zero-order chi connectivity index (χ0) is 11.0. The summed E-state index contributed by atoms with van der Waals surface area (Å²) in [5.74, 6) is 0. The summed E-state index contributed by atoms with van der Waals surface area (Å²) in [5.41, 5.74) is 0.0452. The molecule has 0 aliphatic rings. The van der Waals surface area contributed by atoms with E-state index in [0.29, 0.717) is 10.4 Å². The van der Waals surface area contributed by atoms with Gasteiger partial charge in [0.15, 0.2) is 5.43 Å². The average Bonchev–Trinajstić information content (AvgIpc) is 2.19. The Morgan fingerprint density at radius 1 is 1.40 bits per heavy atom. The lowest BCUT2D eigenvalue weighted by molar-refractivity contribution is 1.18. The molecule has 0 N–H and O–H groups in total. The van der Waals surface area contributed by atoms with Crippen molar-refractivity contribution in [3.05, 3.63) is 42.8 Å². The van der Waals surface area contributed by atoms with Crippen LogP contribution in [0.25, 0.3) is 10.1 Å². The molecule has 15 heavy (non-hydrogen) atoms. The molecular weight excluding hydrogens is 296 g/mol. The second-order valence-electron chi connectivity index (χ2n) is 3.19. The standard InChI is InChI=1S/C11H8BrClOS/c1-2-7-5-10(14)8-3-6(13)4-9(12)11(8)15-7/h3-5H,2H2,1H3. The molecule has 1 aromatic heterocycles. The summed E-state index contributed by atoms with van der Waals surface area (Å²) in [4.78, 5) is 12.9. The number of benzene rings is 1. The molecular formula is C11H8BrClOS. The number of hydrogen-bond acceptors (Lipinski definition) is 2. The Kier molecular flexibility index (Phi) is 3.14. The molecule has 4 heteroatoms. The van der Waals surface area contributed by atoms with Gasteiger partial charge in [-0.3, -0.25) is 4.79 Å². The first-order chi connectivity index (χ1) is 7.11. The minimum Gasteiger partial charge on any atom is -0.289 e. The molecule has 0 aliphatic heterocycles. The van der Waals surface area contributed by atoms with Crippen LogP contribution in [0.5, 0.6) is 0 Å². The Hall–Kier alpha value is -0.380. The first kappa shape index (κ1) is 11.1. The van der Waals surface area contributed by atoms with E-state index in [1.54, 1.807) is 23.5 Å². The van der Waals surface area contributed by atoms with Crippen molar-refractivity contribution in [3.63, 3.8) is 0 Å². The van der Waals surface area contributed by atoms with Gasteiger partial charge < -0.3 is 0 Å². The molecule has 0 bridgehead atoms. The summed E-state index contributed by atoms with van der Waals surface area (Å²) in [7, 11) is 0. The van der Waals surface area contributed by atoms with E-state index in [0.717, 1.165) is 20.5 Å². The third-order valence-corrected chi connectivity index (χ3v) is 4.57. The lowest BCUT2D eigenvalue weighted by atomic mass is 10.2. The quantitative estimate of drug-likeness (QED) is 0.770. The van der Waals surface area contributed by atoms with Gasteiger partial charge in [-0.1, -0.05) is 18.5 Å². The zero-order valence-electron chi connectivity index (χ0n) is 8.01. The fourth-order valence-electron chi connectivity index (χ4n) is 1.41. The van der Waals surface area contributed by atoms with E-state index in [1.165, 1.54) is 0 Å². The van der Waals surface area contributed by atoms with Gasteiger partial charge >= 0.3 is 0 Å². The molecule has 0 amide bonds. The van der Waals surface area contributed by atoms with Gasteiger partial charge in [-0.15, -0.1) is 11.3 Å². The van der Waals surface area contributed by atoms with Crippen LogP contribution in [-0.2, 0) is 6.42 Å². The van der Waals surface area contributed by atoms with E-state index in [1.807, 2.05) is 13.0 Å². The van der Waals surface area contributed by atoms with Gasteiger partial charge in [0.2, 0.25) is 0 Å². The van der Waals surface area contributed by atoms with Crippen molar-refractivity contribution in [3.8, 4) is 0 Å². The minimum atomic E-state index is 0.0452. The molecule has 1 nitrogen and oxygen atoms in total. The van der Waals surface area contributed by atoms with Gasteiger partial charge in [0, 0.05) is 19.8 Å². The van der Waals surface area contributed by atoms with Crippen LogP contribution in [0.2, 0.25) is 5.02 Å². The lowest BCUT2D eigenvalue weighted by Crippen LogP contribution is -2.00.